The molecule has 2 N–H and O–H groups in total. The van der Waals surface area contributed by atoms with E-state index >= 15 is 0 Å². The van der Waals surface area contributed by atoms with E-state index in [-0.39, 0.29) is 17.6 Å². The van der Waals surface area contributed by atoms with Gasteiger partial charge >= 0.3 is 5.69 Å². The van der Waals surface area contributed by atoms with Gasteiger partial charge in [0.1, 0.15) is 11.7 Å². The summed E-state index contributed by atoms with van der Waals surface area (Å²) in [6.45, 7) is 1.54. The quantitative estimate of drug-likeness (QED) is 0.727. The molecule has 1 fully saturated rings. The maximum atomic E-state index is 11.5. The Bertz CT molecular complexity index is 495. The van der Waals surface area contributed by atoms with Crippen molar-refractivity contribution in [3.63, 3.8) is 0 Å². The van der Waals surface area contributed by atoms with Crippen molar-refractivity contribution in [1.82, 2.24) is 9.55 Å². The second-order valence-corrected chi connectivity index (χ2v) is 4.71. The van der Waals surface area contributed by atoms with Crippen molar-refractivity contribution in [3.05, 3.63) is 32.6 Å². The minimum Gasteiger partial charge on any atom is -0.393 e. The fourth-order valence-electron chi connectivity index (χ4n) is 1.49. The number of aromatic nitrogens is 2. The number of nitrogens with one attached hydrogen (secondary N) is 1. The Morgan fingerprint density at radius 3 is 3.06 bits per heavy atom. The molecule has 0 aliphatic carbocycles. The van der Waals surface area contributed by atoms with Crippen LogP contribution in [0.2, 0.25) is 0 Å². The Morgan fingerprint density at radius 1 is 1.69 bits per heavy atom. The van der Waals surface area contributed by atoms with Gasteiger partial charge in [-0.2, -0.15) is 0 Å². The van der Waals surface area contributed by atoms with E-state index in [1.165, 1.54) is 22.5 Å². The van der Waals surface area contributed by atoms with Crippen LogP contribution in [0.4, 0.5) is 0 Å². The molecule has 0 aromatic carbocycles. The summed E-state index contributed by atoms with van der Waals surface area (Å²) in [5.41, 5.74) is -0.713. The van der Waals surface area contributed by atoms with Gasteiger partial charge < -0.3 is 9.84 Å². The van der Waals surface area contributed by atoms with Crippen molar-refractivity contribution in [2.45, 2.75) is 18.6 Å². The lowest BCUT2D eigenvalue weighted by Crippen LogP contribution is -2.34. The van der Waals surface area contributed by atoms with Gasteiger partial charge in [-0.1, -0.05) is 0 Å². The van der Waals surface area contributed by atoms with Gasteiger partial charge in [0.05, 0.1) is 6.61 Å². The van der Waals surface area contributed by atoms with Crippen molar-refractivity contribution in [2.24, 2.45) is 0 Å². The maximum Gasteiger partial charge on any atom is 0.330 e. The van der Waals surface area contributed by atoms with Crippen LogP contribution in [0.1, 0.15) is 11.8 Å². The molecule has 0 saturated carbocycles. The summed E-state index contributed by atoms with van der Waals surface area (Å²) < 4.78 is 6.77. The third-order valence-corrected chi connectivity index (χ3v) is 3.45. The highest BCUT2D eigenvalue weighted by molar-refractivity contribution is 8.00. The number of hydrogen-bond acceptors (Lipinski definition) is 5. The average Bonchev–Trinajstić information content (AvgIpc) is 2.71. The van der Waals surface area contributed by atoms with E-state index in [4.69, 9.17) is 9.84 Å². The molecular formula is C9H12N2O4S. The van der Waals surface area contributed by atoms with Crippen LogP contribution in [0, 0.1) is 6.92 Å². The summed E-state index contributed by atoms with van der Waals surface area (Å²) in [6, 6.07) is 0. The minimum atomic E-state index is -0.486. The number of aliphatic hydroxyl groups excluding tert-OH is 1. The van der Waals surface area contributed by atoms with Gasteiger partial charge in [-0.15, -0.1) is 11.8 Å². The molecule has 0 radical (unpaired) electrons. The van der Waals surface area contributed by atoms with E-state index in [0.717, 1.165) is 0 Å². The molecule has 2 heterocycles. The SMILES string of the molecule is Cc1cn([C@H]2CSC(CO)O2)c(=O)[nH]c1=O. The minimum absolute atomic E-state index is 0.0851. The summed E-state index contributed by atoms with van der Waals surface area (Å²) >= 11 is 1.44. The monoisotopic (exact) mass is 244 g/mol. The Hall–Kier alpha value is -1.05. The van der Waals surface area contributed by atoms with Crippen LogP contribution >= 0.6 is 11.8 Å². The van der Waals surface area contributed by atoms with Crippen molar-refractivity contribution in [3.8, 4) is 0 Å². The number of rotatable bonds is 2. The van der Waals surface area contributed by atoms with Crippen LogP contribution in [0.3, 0.4) is 0 Å². The molecule has 1 aliphatic heterocycles. The predicted molar refractivity (Wildman–Crippen MR) is 59.5 cm³/mol. The standard InChI is InChI=1S/C9H12N2O4S/c1-5-2-11(9(14)10-8(5)13)6-4-16-7(3-12)15-6/h2,6-7,12H,3-4H2,1H3,(H,10,13,14)/t6-,7?/m1/s1. The molecule has 0 bridgehead atoms. The van der Waals surface area contributed by atoms with Crippen LogP contribution < -0.4 is 11.2 Å². The van der Waals surface area contributed by atoms with Gasteiger partial charge in [-0.3, -0.25) is 14.3 Å². The normalized spacial score (nSPS) is 24.9. The molecule has 0 amide bonds. The molecule has 2 rings (SSSR count). The van der Waals surface area contributed by atoms with E-state index in [1.807, 2.05) is 0 Å². The second-order valence-electron chi connectivity index (χ2n) is 3.51. The molecular weight excluding hydrogens is 232 g/mol. The fourth-order valence-corrected chi connectivity index (χ4v) is 2.42. The lowest BCUT2D eigenvalue weighted by atomic mass is 10.4. The lowest BCUT2D eigenvalue weighted by Gasteiger charge is -2.13. The number of thioether (sulfide) groups is 1. The van der Waals surface area contributed by atoms with Gasteiger partial charge in [-0.05, 0) is 6.92 Å². The number of ether oxygens (including phenoxy) is 1. The van der Waals surface area contributed by atoms with Crippen molar-refractivity contribution in [2.75, 3.05) is 12.4 Å². The van der Waals surface area contributed by atoms with E-state index in [2.05, 4.69) is 4.98 Å². The Morgan fingerprint density at radius 2 is 2.44 bits per heavy atom. The molecule has 0 spiro atoms. The molecule has 16 heavy (non-hydrogen) atoms. The predicted octanol–water partition coefficient (Wildman–Crippen LogP) is -0.575. The highest BCUT2D eigenvalue weighted by atomic mass is 32.2. The van der Waals surface area contributed by atoms with Crippen LogP contribution in [-0.4, -0.2) is 32.5 Å². The number of aryl methyl sites for hydroxylation is 1. The number of H-pyrrole nitrogens is 1. The van der Waals surface area contributed by atoms with Crippen molar-refractivity contribution in [1.29, 1.82) is 0 Å². The summed E-state index contributed by atoms with van der Waals surface area (Å²) in [4.78, 5) is 24.9. The van der Waals surface area contributed by atoms with Gasteiger partial charge in [0, 0.05) is 17.5 Å². The zero-order valence-corrected chi connectivity index (χ0v) is 9.49. The van der Waals surface area contributed by atoms with Crippen LogP contribution in [0.5, 0.6) is 0 Å². The van der Waals surface area contributed by atoms with E-state index in [0.29, 0.717) is 11.3 Å². The largest absolute Gasteiger partial charge is 0.393 e. The van der Waals surface area contributed by atoms with Gasteiger partial charge in [0.15, 0.2) is 0 Å². The molecule has 1 aliphatic rings. The van der Waals surface area contributed by atoms with Crippen LogP contribution in [0.25, 0.3) is 0 Å². The first kappa shape index (κ1) is 11.4. The number of aromatic amines is 1. The zero-order chi connectivity index (χ0) is 11.7. The average molecular weight is 244 g/mol. The highest BCUT2D eigenvalue weighted by Gasteiger charge is 2.27. The Balaban J connectivity index is 2.32. The molecule has 6 nitrogen and oxygen atoms in total. The number of nitrogens with zero attached hydrogens (tertiary/aromatic N) is 1. The maximum absolute atomic E-state index is 11.5. The number of hydrogen-bond donors (Lipinski definition) is 2. The first-order chi connectivity index (χ1) is 7.61. The van der Waals surface area contributed by atoms with Crippen molar-refractivity contribution < 1.29 is 9.84 Å². The Kier molecular flexibility index (Phi) is 3.17. The third kappa shape index (κ3) is 2.06. The molecule has 1 saturated heterocycles. The summed E-state index contributed by atoms with van der Waals surface area (Å²) in [5, 5.41) is 8.91. The summed E-state index contributed by atoms with van der Waals surface area (Å²) in [6.07, 6.45) is 1.05. The van der Waals surface area contributed by atoms with Gasteiger partial charge in [0.2, 0.25) is 0 Å². The summed E-state index contributed by atoms with van der Waals surface area (Å²) in [5.74, 6) is 0.580. The van der Waals surface area contributed by atoms with Crippen LogP contribution in [0.15, 0.2) is 15.8 Å². The molecule has 1 aromatic rings. The molecule has 1 unspecified atom stereocenters. The molecule has 2 atom stereocenters. The van der Waals surface area contributed by atoms with E-state index < -0.39 is 11.9 Å². The first-order valence-corrected chi connectivity index (χ1v) is 5.86. The summed E-state index contributed by atoms with van der Waals surface area (Å²) in [7, 11) is 0. The third-order valence-electron chi connectivity index (χ3n) is 2.34. The van der Waals surface area contributed by atoms with E-state index in [1.54, 1.807) is 6.92 Å². The topological polar surface area (TPSA) is 84.3 Å². The van der Waals surface area contributed by atoms with Gasteiger partial charge in [0.25, 0.3) is 5.56 Å². The Labute approximate surface area is 95.3 Å². The number of aliphatic hydroxyl groups is 1. The lowest BCUT2D eigenvalue weighted by molar-refractivity contribution is -0.00650. The molecule has 7 heteroatoms. The molecule has 88 valence electrons. The smallest absolute Gasteiger partial charge is 0.330 e. The zero-order valence-electron chi connectivity index (χ0n) is 8.67. The van der Waals surface area contributed by atoms with Gasteiger partial charge in [-0.25, -0.2) is 4.79 Å². The van der Waals surface area contributed by atoms with Crippen molar-refractivity contribution >= 4 is 11.8 Å². The first-order valence-electron chi connectivity index (χ1n) is 4.82. The fraction of sp³-hybridized carbons (Fsp3) is 0.556. The highest BCUT2D eigenvalue weighted by Crippen LogP contribution is 2.30. The molecule has 1 aromatic heterocycles. The van der Waals surface area contributed by atoms with Crippen LogP contribution in [-0.2, 0) is 4.74 Å². The second kappa shape index (κ2) is 4.44. The van der Waals surface area contributed by atoms with E-state index in [9.17, 15) is 9.59 Å².